The number of halogens is 1. The first kappa shape index (κ1) is 17.0. The number of fused-ring (bicyclic) bond motifs is 2. The van der Waals surface area contributed by atoms with Crippen molar-refractivity contribution in [3.63, 3.8) is 0 Å². The third-order valence-corrected chi connectivity index (χ3v) is 5.59. The highest BCUT2D eigenvalue weighted by atomic mass is 35.5. The molecule has 3 aliphatic rings. The number of hydrogen-bond donors (Lipinski definition) is 0. The lowest BCUT2D eigenvalue weighted by atomic mass is 9.86. The van der Waals surface area contributed by atoms with Gasteiger partial charge in [-0.1, -0.05) is 23.7 Å². The van der Waals surface area contributed by atoms with Gasteiger partial charge in [0.05, 0.1) is 16.8 Å². The van der Waals surface area contributed by atoms with Crippen LogP contribution in [0.4, 0.5) is 11.4 Å². The topological polar surface area (TPSA) is 84.5 Å². The van der Waals surface area contributed by atoms with Gasteiger partial charge in [0.1, 0.15) is 5.02 Å². The van der Waals surface area contributed by atoms with Crippen LogP contribution in [0.5, 0.6) is 0 Å². The summed E-state index contributed by atoms with van der Waals surface area (Å²) in [5.74, 6) is 0. The van der Waals surface area contributed by atoms with Crippen molar-refractivity contribution >= 4 is 23.0 Å². The summed E-state index contributed by atoms with van der Waals surface area (Å²) in [6.45, 7) is 2.22. The van der Waals surface area contributed by atoms with E-state index in [1.54, 1.807) is 25.4 Å². The van der Waals surface area contributed by atoms with Gasteiger partial charge in [0, 0.05) is 50.9 Å². The second-order valence-electron chi connectivity index (χ2n) is 6.82. The molecule has 2 bridgehead atoms. The van der Waals surface area contributed by atoms with Crippen molar-refractivity contribution in [2.75, 3.05) is 18.0 Å². The highest BCUT2D eigenvalue weighted by Crippen LogP contribution is 2.37. The molecule has 4 heterocycles. The molecule has 0 N–H and O–H groups in total. The normalized spacial score (nSPS) is 22.2. The Kier molecular flexibility index (Phi) is 4.16. The Morgan fingerprint density at radius 1 is 1.35 bits per heavy atom. The smallest absolute Gasteiger partial charge is 0.287 e. The molecule has 9 heteroatoms. The molecule has 0 spiro atoms. The molecule has 0 radical (unpaired) electrons. The van der Waals surface area contributed by atoms with Crippen LogP contribution >= 0.6 is 11.6 Å². The molecule has 8 nitrogen and oxygen atoms in total. The molecule has 26 heavy (non-hydrogen) atoms. The van der Waals surface area contributed by atoms with E-state index < -0.39 is 0 Å². The number of rotatable bonds is 4. The number of benzene rings is 1. The Morgan fingerprint density at radius 2 is 2.08 bits per heavy atom. The Bertz CT molecular complexity index is 919. The average molecular weight is 376 g/mol. The second kappa shape index (κ2) is 6.37. The first-order chi connectivity index (χ1) is 12.4. The molecule has 3 aliphatic heterocycles. The van der Waals surface area contributed by atoms with E-state index in [2.05, 4.69) is 14.9 Å². The van der Waals surface area contributed by atoms with Crippen LogP contribution in [0.15, 0.2) is 35.3 Å². The minimum Gasteiger partial charge on any atom is -0.366 e. The van der Waals surface area contributed by atoms with Crippen LogP contribution in [0.2, 0.25) is 5.02 Å². The minimum atomic E-state index is -0.368. The maximum absolute atomic E-state index is 12.0. The zero-order valence-electron chi connectivity index (χ0n) is 14.2. The number of anilines is 1. The monoisotopic (exact) mass is 375 g/mol. The first-order valence-electron chi connectivity index (χ1n) is 8.40. The third kappa shape index (κ3) is 2.85. The highest BCUT2D eigenvalue weighted by Gasteiger charge is 2.45. The fourth-order valence-corrected chi connectivity index (χ4v) is 4.13. The fourth-order valence-electron chi connectivity index (χ4n) is 3.84. The summed E-state index contributed by atoms with van der Waals surface area (Å²) in [5.41, 5.74) is 1.44. The van der Waals surface area contributed by atoms with E-state index in [1.165, 1.54) is 10.7 Å². The molecule has 1 aromatic heterocycles. The van der Waals surface area contributed by atoms with Crippen LogP contribution in [0, 0.1) is 10.1 Å². The van der Waals surface area contributed by atoms with Crippen molar-refractivity contribution < 1.29 is 4.92 Å². The largest absolute Gasteiger partial charge is 0.366 e. The van der Waals surface area contributed by atoms with Crippen molar-refractivity contribution in [2.24, 2.45) is 7.05 Å². The lowest BCUT2D eigenvalue weighted by Gasteiger charge is -2.57. The summed E-state index contributed by atoms with van der Waals surface area (Å²) in [7, 11) is 1.58. The van der Waals surface area contributed by atoms with Gasteiger partial charge in [0.15, 0.2) is 0 Å². The van der Waals surface area contributed by atoms with Crippen LogP contribution in [0.3, 0.4) is 0 Å². The molecular formula is C17H18ClN5O3. The van der Waals surface area contributed by atoms with E-state index >= 15 is 0 Å². The number of nitro groups is 1. The number of aromatic nitrogens is 2. The SMILES string of the molecule is Cn1ncc(N2CC3CC(C2)N3Cc2cccc([N+](=O)[O-])c2)c(Cl)c1=O. The maximum Gasteiger partial charge on any atom is 0.287 e. The van der Waals surface area contributed by atoms with Crippen molar-refractivity contribution in [1.82, 2.24) is 14.7 Å². The van der Waals surface area contributed by atoms with Crippen molar-refractivity contribution in [1.29, 1.82) is 0 Å². The second-order valence-corrected chi connectivity index (χ2v) is 7.20. The summed E-state index contributed by atoms with van der Waals surface area (Å²) in [5, 5.41) is 15.2. The molecule has 3 saturated heterocycles. The zero-order chi connectivity index (χ0) is 18.4. The van der Waals surface area contributed by atoms with Gasteiger partial charge in [-0.05, 0) is 12.0 Å². The summed E-state index contributed by atoms with van der Waals surface area (Å²) >= 11 is 6.22. The maximum atomic E-state index is 12.0. The van der Waals surface area contributed by atoms with Crippen molar-refractivity contribution in [2.45, 2.75) is 25.0 Å². The summed E-state index contributed by atoms with van der Waals surface area (Å²) < 4.78 is 1.23. The van der Waals surface area contributed by atoms with Gasteiger partial charge >= 0.3 is 0 Å². The molecular weight excluding hydrogens is 358 g/mol. The van der Waals surface area contributed by atoms with Crippen molar-refractivity contribution in [3.8, 4) is 0 Å². The Morgan fingerprint density at radius 3 is 2.77 bits per heavy atom. The molecule has 2 unspecified atom stereocenters. The third-order valence-electron chi connectivity index (χ3n) is 5.23. The number of piperidine rings is 1. The highest BCUT2D eigenvalue weighted by molar-refractivity contribution is 6.33. The van der Waals surface area contributed by atoms with Gasteiger partial charge in [0.25, 0.3) is 11.2 Å². The lowest BCUT2D eigenvalue weighted by molar-refractivity contribution is -0.384. The summed E-state index contributed by atoms with van der Waals surface area (Å²) in [4.78, 5) is 27.0. The van der Waals surface area contributed by atoms with Gasteiger partial charge in [-0.2, -0.15) is 5.10 Å². The van der Waals surface area contributed by atoms with Crippen LogP contribution in [0.1, 0.15) is 12.0 Å². The number of non-ortho nitro benzene ring substituents is 1. The Labute approximate surface area is 154 Å². The molecule has 2 atom stereocenters. The summed E-state index contributed by atoms with van der Waals surface area (Å²) in [6, 6.07) is 7.46. The van der Waals surface area contributed by atoms with Gasteiger partial charge in [-0.15, -0.1) is 0 Å². The quantitative estimate of drug-likeness (QED) is 0.598. The van der Waals surface area contributed by atoms with Crippen LogP contribution in [-0.4, -0.2) is 44.8 Å². The van der Waals surface area contributed by atoms with Gasteiger partial charge in [-0.3, -0.25) is 19.8 Å². The molecule has 136 valence electrons. The number of nitrogens with zero attached hydrogens (tertiary/aromatic N) is 5. The van der Waals surface area contributed by atoms with Gasteiger partial charge < -0.3 is 4.90 Å². The number of hydrogen-bond acceptors (Lipinski definition) is 6. The van der Waals surface area contributed by atoms with E-state index in [0.29, 0.717) is 24.3 Å². The first-order valence-corrected chi connectivity index (χ1v) is 8.77. The van der Waals surface area contributed by atoms with E-state index in [1.807, 2.05) is 6.07 Å². The molecule has 0 amide bonds. The van der Waals surface area contributed by atoms with Crippen LogP contribution < -0.4 is 10.5 Å². The van der Waals surface area contributed by atoms with Gasteiger partial charge in [0.2, 0.25) is 0 Å². The Balaban J connectivity index is 1.48. The zero-order valence-corrected chi connectivity index (χ0v) is 15.0. The van der Waals surface area contributed by atoms with Crippen LogP contribution in [-0.2, 0) is 13.6 Å². The molecule has 5 rings (SSSR count). The van der Waals surface area contributed by atoms with E-state index in [4.69, 9.17) is 11.6 Å². The molecule has 0 aliphatic carbocycles. The molecule has 2 aromatic rings. The summed E-state index contributed by atoms with van der Waals surface area (Å²) in [6.07, 6.45) is 2.72. The van der Waals surface area contributed by atoms with Crippen LogP contribution in [0.25, 0.3) is 0 Å². The number of aryl methyl sites for hydroxylation is 1. The molecule has 3 fully saturated rings. The van der Waals surface area contributed by atoms with Crippen molar-refractivity contribution in [3.05, 3.63) is 61.5 Å². The van der Waals surface area contributed by atoms with Gasteiger partial charge in [-0.25, -0.2) is 4.68 Å². The molecule has 1 aromatic carbocycles. The predicted octanol–water partition coefficient (Wildman–Crippen LogP) is 1.80. The van der Waals surface area contributed by atoms with E-state index in [0.717, 1.165) is 25.1 Å². The van der Waals surface area contributed by atoms with E-state index in [9.17, 15) is 14.9 Å². The average Bonchev–Trinajstić information content (AvgIpc) is 2.64. The Hall–Kier alpha value is -2.45. The fraction of sp³-hybridized carbons (Fsp3) is 0.412. The minimum absolute atomic E-state index is 0.118. The standard InChI is InChI=1S/C17H18ClN5O3/c1-20-17(24)16(18)15(7-19-20)21-9-13-6-14(10-21)22(13)8-11-3-2-4-12(5-11)23(25)26/h2-5,7,13-14H,6,8-10H2,1H3. The predicted molar refractivity (Wildman–Crippen MR) is 97.5 cm³/mol. The van der Waals surface area contributed by atoms with E-state index in [-0.39, 0.29) is 21.2 Å². The number of nitro benzene ring substituents is 1. The lowest BCUT2D eigenvalue weighted by Crippen LogP contribution is -2.68. The molecule has 0 saturated carbocycles. The number of piperazine rings is 1.